The quantitative estimate of drug-likeness (QED) is 0.123. The lowest BCUT2D eigenvalue weighted by Gasteiger charge is -2.25. The molecule has 5 nitrogen and oxygen atoms in total. The largest absolute Gasteiger partial charge is 0.460 e. The fraction of sp³-hybridized carbons (Fsp3) is 0.200. The fourth-order valence-corrected chi connectivity index (χ4v) is 8.01. The summed E-state index contributed by atoms with van der Waals surface area (Å²) in [6.07, 6.45) is 0. The second kappa shape index (κ2) is 15.0. The predicted molar refractivity (Wildman–Crippen MR) is 193 cm³/mol. The van der Waals surface area contributed by atoms with Gasteiger partial charge in [0.15, 0.2) is 0 Å². The van der Waals surface area contributed by atoms with Crippen LogP contribution >= 0.6 is 136 Å². The Balaban J connectivity index is 1.65. The molecule has 0 aliphatic rings. The molecule has 0 aromatic heterocycles. The maximum Gasteiger partial charge on any atom is 0.339 e. The lowest BCUT2D eigenvalue weighted by molar-refractivity contribution is 0.0502. The van der Waals surface area contributed by atoms with Gasteiger partial charge in [0.05, 0.1) is 24.2 Å². The summed E-state index contributed by atoms with van der Waals surface area (Å²) in [7, 11) is 0. The van der Waals surface area contributed by atoms with Crippen molar-refractivity contribution in [3.8, 4) is 0 Å². The fourth-order valence-electron chi connectivity index (χ4n) is 3.26. The summed E-state index contributed by atoms with van der Waals surface area (Å²) in [6.45, 7) is 3.41. The van der Waals surface area contributed by atoms with Crippen molar-refractivity contribution in [3.63, 3.8) is 0 Å². The van der Waals surface area contributed by atoms with Crippen LogP contribution in [0, 0.1) is 28.3 Å². The Morgan fingerprint density at radius 1 is 0.722 bits per heavy atom. The molecule has 0 spiro atoms. The molecule has 0 heterocycles. The first kappa shape index (κ1) is 31.3. The van der Waals surface area contributed by atoms with E-state index in [9.17, 15) is 9.59 Å². The summed E-state index contributed by atoms with van der Waals surface area (Å²) in [5.41, 5.74) is 3.26. The Morgan fingerprint density at radius 2 is 1.19 bits per heavy atom. The lowest BCUT2D eigenvalue weighted by Crippen LogP contribution is -2.32. The van der Waals surface area contributed by atoms with E-state index in [1.54, 1.807) is 0 Å². The molecular formula is C25H19I6NO4. The molecule has 0 aliphatic carbocycles. The van der Waals surface area contributed by atoms with E-state index in [0.29, 0.717) is 24.2 Å². The second-order valence-electron chi connectivity index (χ2n) is 7.60. The Hall–Kier alpha value is 0.780. The van der Waals surface area contributed by atoms with Gasteiger partial charge in [-0.05, 0) is 184 Å². The third kappa shape index (κ3) is 8.90. The molecular weight excluding hydrogens is 1140 g/mol. The van der Waals surface area contributed by atoms with Crippen molar-refractivity contribution in [1.82, 2.24) is 0 Å². The lowest BCUT2D eigenvalue weighted by atomic mass is 10.2. The van der Waals surface area contributed by atoms with E-state index in [1.165, 1.54) is 0 Å². The summed E-state index contributed by atoms with van der Waals surface area (Å²) in [5, 5.41) is 0. The third-order valence-electron chi connectivity index (χ3n) is 4.98. The van der Waals surface area contributed by atoms with Crippen LogP contribution in [0.25, 0.3) is 0 Å². The van der Waals surface area contributed by atoms with Gasteiger partial charge in [-0.25, -0.2) is 9.59 Å². The number of ether oxygens (including phenoxy) is 2. The average molecular weight is 1160 g/mol. The van der Waals surface area contributed by atoms with Crippen molar-refractivity contribution in [2.24, 2.45) is 0 Å². The van der Waals surface area contributed by atoms with Gasteiger partial charge in [-0.15, -0.1) is 0 Å². The molecule has 0 radical (unpaired) electrons. The van der Waals surface area contributed by atoms with Gasteiger partial charge in [-0.3, -0.25) is 0 Å². The van der Waals surface area contributed by atoms with Crippen molar-refractivity contribution in [2.45, 2.75) is 6.92 Å². The first-order chi connectivity index (χ1) is 17.1. The molecule has 3 aromatic carbocycles. The molecule has 0 saturated carbocycles. The van der Waals surface area contributed by atoms with Crippen LogP contribution in [0.2, 0.25) is 0 Å². The highest BCUT2D eigenvalue weighted by Gasteiger charge is 2.18. The summed E-state index contributed by atoms with van der Waals surface area (Å²) in [6, 6.07) is 15.8. The maximum atomic E-state index is 12.8. The molecule has 36 heavy (non-hydrogen) atoms. The Labute approximate surface area is 292 Å². The number of anilines is 1. The molecule has 0 N–H and O–H groups in total. The molecule has 0 bridgehead atoms. The van der Waals surface area contributed by atoms with Crippen LogP contribution in [0.3, 0.4) is 0 Å². The Morgan fingerprint density at radius 3 is 1.64 bits per heavy atom. The summed E-state index contributed by atoms with van der Waals surface area (Å²) in [5.74, 6) is -0.677. The van der Waals surface area contributed by atoms with Gasteiger partial charge in [-0.1, -0.05) is 12.1 Å². The van der Waals surface area contributed by atoms with E-state index >= 15 is 0 Å². The molecule has 190 valence electrons. The Bertz CT molecular complexity index is 1210. The average Bonchev–Trinajstić information content (AvgIpc) is 2.82. The minimum atomic E-state index is -0.339. The van der Waals surface area contributed by atoms with Gasteiger partial charge in [-0.2, -0.15) is 0 Å². The first-order valence-corrected chi connectivity index (χ1v) is 17.0. The van der Waals surface area contributed by atoms with Crippen LogP contribution in [0.4, 0.5) is 5.69 Å². The van der Waals surface area contributed by atoms with E-state index in [4.69, 9.17) is 9.47 Å². The van der Waals surface area contributed by atoms with E-state index in [-0.39, 0.29) is 25.2 Å². The number of halogens is 6. The van der Waals surface area contributed by atoms with E-state index < -0.39 is 0 Å². The van der Waals surface area contributed by atoms with Crippen LogP contribution < -0.4 is 4.90 Å². The van der Waals surface area contributed by atoms with Crippen LogP contribution in [0.5, 0.6) is 0 Å². The number of rotatable bonds is 9. The Kier molecular flexibility index (Phi) is 13.0. The number of carbonyl (C=O) groups excluding carboxylic acids is 2. The number of esters is 2. The second-order valence-corrected chi connectivity index (χ2v) is 14.6. The van der Waals surface area contributed by atoms with Gasteiger partial charge >= 0.3 is 11.9 Å². The number of hydrogen-bond donors (Lipinski definition) is 0. The number of benzene rings is 3. The molecule has 3 rings (SSSR count). The molecule has 0 fully saturated rings. The zero-order chi connectivity index (χ0) is 26.4. The number of carbonyl (C=O) groups is 2. The SMILES string of the molecule is Cc1cccc(N(CCOC(=O)c2cc(I)cc(I)c2I)CCOC(=O)c2cc(I)cc(I)c2I)c1. The molecule has 0 saturated heterocycles. The molecule has 0 unspecified atom stereocenters. The van der Waals surface area contributed by atoms with Crippen molar-refractivity contribution in [3.05, 3.63) is 86.6 Å². The highest BCUT2D eigenvalue weighted by Crippen LogP contribution is 2.25. The predicted octanol–water partition coefficient (Wildman–Crippen LogP) is 8.14. The molecule has 0 aliphatic heterocycles. The van der Waals surface area contributed by atoms with Gasteiger partial charge in [0.25, 0.3) is 0 Å². The molecule has 0 amide bonds. The smallest absolute Gasteiger partial charge is 0.339 e. The van der Waals surface area contributed by atoms with E-state index in [1.807, 2.05) is 49.4 Å². The third-order valence-corrected chi connectivity index (χ3v) is 12.3. The van der Waals surface area contributed by atoms with Crippen LogP contribution in [-0.4, -0.2) is 38.2 Å². The van der Waals surface area contributed by atoms with Crippen molar-refractivity contribution >= 4 is 153 Å². The highest BCUT2D eigenvalue weighted by molar-refractivity contribution is 14.1. The number of hydrogen-bond acceptors (Lipinski definition) is 5. The van der Waals surface area contributed by atoms with Gasteiger partial charge in [0.1, 0.15) is 13.2 Å². The summed E-state index contributed by atoms with van der Waals surface area (Å²) < 4.78 is 17.1. The van der Waals surface area contributed by atoms with E-state index in [0.717, 1.165) is 32.7 Å². The zero-order valence-corrected chi connectivity index (χ0v) is 31.7. The van der Waals surface area contributed by atoms with Gasteiger partial charge in [0, 0.05) is 27.1 Å². The van der Waals surface area contributed by atoms with Gasteiger partial charge in [0.2, 0.25) is 0 Å². The zero-order valence-electron chi connectivity index (χ0n) is 18.8. The van der Waals surface area contributed by atoms with Crippen molar-refractivity contribution < 1.29 is 19.1 Å². The molecule has 3 aromatic rings. The number of aryl methyl sites for hydroxylation is 1. The summed E-state index contributed by atoms with van der Waals surface area (Å²) in [4.78, 5) is 27.6. The van der Waals surface area contributed by atoms with E-state index in [2.05, 4.69) is 147 Å². The summed E-state index contributed by atoms with van der Waals surface area (Å²) >= 11 is 13.2. The first-order valence-electron chi connectivity index (χ1n) is 10.5. The maximum absolute atomic E-state index is 12.8. The minimum Gasteiger partial charge on any atom is -0.460 e. The van der Waals surface area contributed by atoms with Crippen molar-refractivity contribution in [2.75, 3.05) is 31.2 Å². The van der Waals surface area contributed by atoms with Gasteiger partial charge < -0.3 is 14.4 Å². The molecule has 0 atom stereocenters. The van der Waals surface area contributed by atoms with Crippen LogP contribution in [-0.2, 0) is 9.47 Å². The minimum absolute atomic E-state index is 0.214. The van der Waals surface area contributed by atoms with Crippen molar-refractivity contribution in [1.29, 1.82) is 0 Å². The highest BCUT2D eigenvalue weighted by atomic mass is 127. The monoisotopic (exact) mass is 1160 g/mol. The standard InChI is InChI=1S/C25H19I6NO4/c1-14-3-2-4-17(9-14)32(5-7-35-24(33)18-10-15(26)12-20(28)22(18)30)6-8-36-25(34)19-11-16(27)13-21(29)23(19)31/h2-4,9-13H,5-8H2,1H3. The van der Waals surface area contributed by atoms with Crippen LogP contribution in [0.1, 0.15) is 26.3 Å². The topological polar surface area (TPSA) is 55.8 Å². The number of nitrogens with zero attached hydrogens (tertiary/aromatic N) is 1. The van der Waals surface area contributed by atoms with Crippen LogP contribution in [0.15, 0.2) is 48.5 Å². The molecule has 11 heteroatoms. The normalized spacial score (nSPS) is 10.8.